The van der Waals surface area contributed by atoms with Crippen LogP contribution in [0, 0.1) is 0 Å². The number of para-hydroxylation sites is 1. The minimum atomic E-state index is -0.0834. The van der Waals surface area contributed by atoms with Crippen molar-refractivity contribution in [3.63, 3.8) is 0 Å². The summed E-state index contributed by atoms with van der Waals surface area (Å²) in [5.41, 5.74) is 1.37. The first-order chi connectivity index (χ1) is 12.7. The highest BCUT2D eigenvalue weighted by atomic mass is 35.5. The first kappa shape index (κ1) is 18.6. The molecular weight excluding hydrogens is 350 g/mol. The Hall–Kier alpha value is -2.21. The quantitative estimate of drug-likeness (QED) is 0.643. The molecule has 3 rings (SSSR count). The van der Waals surface area contributed by atoms with E-state index in [0.29, 0.717) is 34.9 Å². The van der Waals surface area contributed by atoms with E-state index in [4.69, 9.17) is 21.3 Å². The van der Waals surface area contributed by atoms with Crippen LogP contribution in [0.5, 0.6) is 0 Å². The van der Waals surface area contributed by atoms with E-state index in [0.717, 1.165) is 12.1 Å². The van der Waals surface area contributed by atoms with Crippen molar-refractivity contribution < 1.29 is 4.74 Å². The van der Waals surface area contributed by atoms with Crippen LogP contribution >= 0.6 is 11.6 Å². The molecule has 6 heteroatoms. The molecule has 0 amide bonds. The molecule has 0 radical (unpaired) electrons. The van der Waals surface area contributed by atoms with Crippen molar-refractivity contribution >= 4 is 22.5 Å². The first-order valence-electron chi connectivity index (χ1n) is 8.65. The Morgan fingerprint density at radius 2 is 1.92 bits per heavy atom. The normalized spacial score (nSPS) is 12.4. The van der Waals surface area contributed by atoms with Gasteiger partial charge >= 0.3 is 0 Å². The summed E-state index contributed by atoms with van der Waals surface area (Å²) in [6.07, 6.45) is 0.794. The minimum absolute atomic E-state index is 0.0712. The average molecular weight is 372 g/mol. The summed E-state index contributed by atoms with van der Waals surface area (Å²) in [5.74, 6) is 0.689. The number of halogens is 1. The molecule has 1 unspecified atom stereocenters. The number of nitrogens with zero attached hydrogens (tertiary/aromatic N) is 2. The molecule has 1 aromatic heterocycles. The first-order valence-corrected chi connectivity index (χ1v) is 9.03. The number of fused-ring (bicyclic) bond motifs is 1. The predicted molar refractivity (Wildman–Crippen MR) is 105 cm³/mol. The van der Waals surface area contributed by atoms with Gasteiger partial charge in [-0.3, -0.25) is 9.36 Å². The molecule has 0 aliphatic rings. The van der Waals surface area contributed by atoms with Crippen molar-refractivity contribution in [1.82, 2.24) is 14.9 Å². The van der Waals surface area contributed by atoms with Gasteiger partial charge in [0.25, 0.3) is 5.56 Å². The van der Waals surface area contributed by atoms with Gasteiger partial charge < -0.3 is 10.1 Å². The van der Waals surface area contributed by atoms with E-state index in [1.807, 2.05) is 30.3 Å². The van der Waals surface area contributed by atoms with Crippen molar-refractivity contribution in [2.45, 2.75) is 19.4 Å². The second kappa shape index (κ2) is 8.45. The van der Waals surface area contributed by atoms with Gasteiger partial charge in [0.05, 0.1) is 29.2 Å². The molecule has 0 spiro atoms. The van der Waals surface area contributed by atoms with Crippen LogP contribution < -0.4 is 10.9 Å². The molecular formula is C20H22ClN3O2. The van der Waals surface area contributed by atoms with Crippen LogP contribution in [0.15, 0.2) is 53.3 Å². The van der Waals surface area contributed by atoms with Crippen molar-refractivity contribution in [2.75, 3.05) is 20.3 Å². The van der Waals surface area contributed by atoms with Crippen molar-refractivity contribution in [3.8, 4) is 5.69 Å². The molecule has 0 aliphatic heterocycles. The molecule has 136 valence electrons. The Balaban J connectivity index is 2.20. The molecule has 1 atom stereocenters. The Labute approximate surface area is 157 Å². The van der Waals surface area contributed by atoms with Gasteiger partial charge in [0.2, 0.25) is 0 Å². The standard InChI is InChI=1S/C20H22ClN3O2/c1-3-17(22-12-13-26-2)19-23-18-7-5-4-6-16(18)20(25)24(19)15-10-8-14(21)9-11-15/h4-11,17,22H,3,12-13H2,1-2H3. The zero-order valence-corrected chi connectivity index (χ0v) is 15.7. The Morgan fingerprint density at radius 1 is 1.19 bits per heavy atom. The fraction of sp³-hybridized carbons (Fsp3) is 0.300. The second-order valence-corrected chi connectivity index (χ2v) is 6.45. The summed E-state index contributed by atoms with van der Waals surface area (Å²) < 4.78 is 6.80. The summed E-state index contributed by atoms with van der Waals surface area (Å²) in [6, 6.07) is 14.6. The zero-order valence-electron chi connectivity index (χ0n) is 14.9. The third-order valence-electron chi connectivity index (χ3n) is 4.30. The molecule has 5 nitrogen and oxygen atoms in total. The van der Waals surface area contributed by atoms with Crippen molar-refractivity contribution in [3.05, 3.63) is 69.7 Å². The third kappa shape index (κ3) is 3.80. The van der Waals surface area contributed by atoms with Crippen molar-refractivity contribution in [1.29, 1.82) is 0 Å². The van der Waals surface area contributed by atoms with Gasteiger partial charge in [0, 0.05) is 18.7 Å². The van der Waals surface area contributed by atoms with E-state index < -0.39 is 0 Å². The molecule has 0 fully saturated rings. The lowest BCUT2D eigenvalue weighted by Gasteiger charge is -2.21. The smallest absolute Gasteiger partial charge is 0.266 e. The highest BCUT2D eigenvalue weighted by Gasteiger charge is 2.19. The summed E-state index contributed by atoms with van der Waals surface area (Å²) in [6.45, 7) is 3.34. The van der Waals surface area contributed by atoms with E-state index >= 15 is 0 Å². The molecule has 26 heavy (non-hydrogen) atoms. The minimum Gasteiger partial charge on any atom is -0.383 e. The summed E-state index contributed by atoms with van der Waals surface area (Å²) in [4.78, 5) is 18.0. The van der Waals surface area contributed by atoms with Gasteiger partial charge in [-0.1, -0.05) is 30.7 Å². The van der Waals surface area contributed by atoms with E-state index in [1.54, 1.807) is 29.9 Å². The fourth-order valence-electron chi connectivity index (χ4n) is 2.98. The van der Waals surface area contributed by atoms with Gasteiger partial charge in [-0.15, -0.1) is 0 Å². The lowest BCUT2D eigenvalue weighted by Crippen LogP contribution is -2.32. The number of hydrogen-bond donors (Lipinski definition) is 1. The number of rotatable bonds is 7. The van der Waals surface area contributed by atoms with E-state index in [1.165, 1.54) is 0 Å². The van der Waals surface area contributed by atoms with Gasteiger partial charge in [0.15, 0.2) is 0 Å². The number of hydrogen-bond acceptors (Lipinski definition) is 4. The van der Waals surface area contributed by atoms with E-state index in [2.05, 4.69) is 12.2 Å². The maximum absolute atomic E-state index is 13.2. The Bertz CT molecular complexity index is 938. The second-order valence-electron chi connectivity index (χ2n) is 6.01. The monoisotopic (exact) mass is 371 g/mol. The van der Waals surface area contributed by atoms with Crippen LogP contribution in [0.25, 0.3) is 16.6 Å². The molecule has 0 saturated heterocycles. The van der Waals surface area contributed by atoms with Crippen LogP contribution in [0.2, 0.25) is 5.02 Å². The molecule has 1 heterocycles. The summed E-state index contributed by atoms with van der Waals surface area (Å²) in [5, 5.41) is 4.65. The summed E-state index contributed by atoms with van der Waals surface area (Å²) >= 11 is 6.02. The van der Waals surface area contributed by atoms with Crippen LogP contribution in [0.4, 0.5) is 0 Å². The zero-order chi connectivity index (χ0) is 18.5. The topological polar surface area (TPSA) is 56.1 Å². The molecule has 0 aliphatic carbocycles. The largest absolute Gasteiger partial charge is 0.383 e. The van der Waals surface area contributed by atoms with Gasteiger partial charge in [-0.25, -0.2) is 4.98 Å². The Morgan fingerprint density at radius 3 is 2.62 bits per heavy atom. The predicted octanol–water partition coefficient (Wildman–Crippen LogP) is 3.73. The lowest BCUT2D eigenvalue weighted by atomic mass is 10.1. The fourth-order valence-corrected chi connectivity index (χ4v) is 3.10. The highest BCUT2D eigenvalue weighted by Crippen LogP contribution is 2.21. The molecule has 0 bridgehead atoms. The maximum atomic E-state index is 13.2. The van der Waals surface area contributed by atoms with Crippen LogP contribution in [0.3, 0.4) is 0 Å². The van der Waals surface area contributed by atoms with Crippen molar-refractivity contribution in [2.24, 2.45) is 0 Å². The maximum Gasteiger partial charge on any atom is 0.266 e. The molecule has 3 aromatic rings. The van der Waals surface area contributed by atoms with E-state index in [-0.39, 0.29) is 11.6 Å². The molecule has 0 saturated carbocycles. The number of nitrogens with one attached hydrogen (secondary N) is 1. The van der Waals surface area contributed by atoms with Crippen LogP contribution in [0.1, 0.15) is 25.2 Å². The highest BCUT2D eigenvalue weighted by molar-refractivity contribution is 6.30. The number of ether oxygens (including phenoxy) is 1. The summed E-state index contributed by atoms with van der Waals surface area (Å²) in [7, 11) is 1.67. The number of methoxy groups -OCH3 is 1. The average Bonchev–Trinajstić information content (AvgIpc) is 2.66. The molecule has 2 aromatic carbocycles. The molecule has 1 N–H and O–H groups in total. The third-order valence-corrected chi connectivity index (χ3v) is 4.56. The van der Waals surface area contributed by atoms with Crippen LogP contribution in [-0.4, -0.2) is 29.8 Å². The van der Waals surface area contributed by atoms with E-state index in [9.17, 15) is 4.79 Å². The van der Waals surface area contributed by atoms with Crippen LogP contribution in [-0.2, 0) is 4.74 Å². The SMILES string of the molecule is CCC(NCCOC)c1nc2ccccc2c(=O)n1-c1ccc(Cl)cc1. The lowest BCUT2D eigenvalue weighted by molar-refractivity contribution is 0.194. The van der Waals surface area contributed by atoms with Gasteiger partial charge in [-0.2, -0.15) is 0 Å². The van der Waals surface area contributed by atoms with Gasteiger partial charge in [-0.05, 0) is 42.8 Å². The number of benzene rings is 2. The number of aromatic nitrogens is 2. The van der Waals surface area contributed by atoms with Gasteiger partial charge in [0.1, 0.15) is 5.82 Å². The Kier molecular flexibility index (Phi) is 6.04.